The first-order chi connectivity index (χ1) is 15.0. The number of hydrogen-bond donors (Lipinski definition) is 1. The van der Waals surface area contributed by atoms with Crippen LogP contribution in [0.5, 0.6) is 0 Å². The van der Waals surface area contributed by atoms with Crippen molar-refractivity contribution in [3.05, 3.63) is 106 Å². The Balaban J connectivity index is 1.65. The van der Waals surface area contributed by atoms with Crippen molar-refractivity contribution in [1.29, 1.82) is 0 Å². The Morgan fingerprint density at radius 2 is 1.42 bits per heavy atom. The van der Waals surface area contributed by atoms with E-state index in [0.717, 1.165) is 10.5 Å². The summed E-state index contributed by atoms with van der Waals surface area (Å²) in [5.41, 5.74) is 1.51. The fourth-order valence-electron chi connectivity index (χ4n) is 3.52. The van der Waals surface area contributed by atoms with Gasteiger partial charge in [-0.2, -0.15) is 0 Å². The molecule has 1 heterocycles. The summed E-state index contributed by atoms with van der Waals surface area (Å²) in [7, 11) is 0. The molecule has 0 radical (unpaired) electrons. The Bertz CT molecular complexity index is 1140. The lowest BCUT2D eigenvalue weighted by Crippen LogP contribution is -2.48. The van der Waals surface area contributed by atoms with Gasteiger partial charge in [-0.15, -0.1) is 0 Å². The molecule has 1 aliphatic rings. The first-order valence-corrected chi connectivity index (χ1v) is 9.52. The molecule has 0 aromatic heterocycles. The minimum Gasteiger partial charge on any atom is -0.324 e. The van der Waals surface area contributed by atoms with Gasteiger partial charge in [0, 0.05) is 24.2 Å². The summed E-state index contributed by atoms with van der Waals surface area (Å²) in [6.07, 6.45) is 0.130. The zero-order valence-electron chi connectivity index (χ0n) is 16.2. The van der Waals surface area contributed by atoms with Gasteiger partial charge >= 0.3 is 0 Å². The number of carbonyl (C=O) groups excluding carboxylic acids is 3. The quantitative estimate of drug-likeness (QED) is 0.377. The zero-order valence-corrected chi connectivity index (χ0v) is 16.2. The second-order valence-corrected chi connectivity index (χ2v) is 7.02. The minimum absolute atomic E-state index is 0.112. The molecule has 3 aromatic carbocycles. The van der Waals surface area contributed by atoms with Crippen molar-refractivity contribution in [1.82, 2.24) is 4.90 Å². The molecule has 0 bridgehead atoms. The normalized spacial score (nSPS) is 13.6. The molecule has 1 aliphatic heterocycles. The lowest BCUT2D eigenvalue weighted by Gasteiger charge is -2.25. The molecular weight excluding hydrogens is 398 g/mol. The predicted octanol–water partition coefficient (Wildman–Crippen LogP) is 3.44. The predicted molar refractivity (Wildman–Crippen MR) is 113 cm³/mol. The van der Waals surface area contributed by atoms with Crippen molar-refractivity contribution in [3.8, 4) is 0 Å². The highest BCUT2D eigenvalue weighted by atomic mass is 16.6. The lowest BCUT2D eigenvalue weighted by atomic mass is 10.0. The van der Waals surface area contributed by atoms with E-state index in [2.05, 4.69) is 5.32 Å². The molecule has 8 heteroatoms. The highest BCUT2D eigenvalue weighted by Gasteiger charge is 2.42. The Morgan fingerprint density at radius 1 is 0.871 bits per heavy atom. The van der Waals surface area contributed by atoms with Crippen molar-refractivity contribution in [2.75, 3.05) is 5.32 Å². The number of nitro groups is 1. The molecule has 0 saturated carbocycles. The molecule has 8 nitrogen and oxygen atoms in total. The number of nitrogens with zero attached hydrogens (tertiary/aromatic N) is 2. The molecule has 1 N–H and O–H groups in total. The fraction of sp³-hybridized carbons (Fsp3) is 0.0870. The molecule has 4 rings (SSSR count). The number of hydrogen-bond acceptors (Lipinski definition) is 5. The third-order valence-corrected chi connectivity index (χ3v) is 5.06. The molecule has 0 fully saturated rings. The third-order valence-electron chi connectivity index (χ3n) is 5.06. The Morgan fingerprint density at radius 3 is 1.97 bits per heavy atom. The van der Waals surface area contributed by atoms with Crippen LogP contribution in [0, 0.1) is 10.1 Å². The van der Waals surface area contributed by atoms with Crippen LogP contribution in [0.1, 0.15) is 26.3 Å². The van der Waals surface area contributed by atoms with Crippen LogP contribution in [0.2, 0.25) is 0 Å². The number of carbonyl (C=O) groups is 3. The second kappa shape index (κ2) is 8.19. The number of non-ortho nitro benzene ring substituents is 1. The summed E-state index contributed by atoms with van der Waals surface area (Å²) < 4.78 is 0. The van der Waals surface area contributed by atoms with E-state index in [0.29, 0.717) is 5.69 Å². The number of nitrogens with one attached hydrogen (secondary N) is 1. The summed E-state index contributed by atoms with van der Waals surface area (Å²) in [6.45, 7) is 0. The van der Waals surface area contributed by atoms with Crippen LogP contribution in [-0.2, 0) is 11.2 Å². The van der Waals surface area contributed by atoms with Gasteiger partial charge in [0.25, 0.3) is 17.5 Å². The molecule has 154 valence electrons. The van der Waals surface area contributed by atoms with Crippen LogP contribution in [0.4, 0.5) is 11.4 Å². The average Bonchev–Trinajstić information content (AvgIpc) is 3.03. The fourth-order valence-corrected chi connectivity index (χ4v) is 3.52. The van der Waals surface area contributed by atoms with E-state index in [1.54, 1.807) is 24.3 Å². The average molecular weight is 415 g/mol. The second-order valence-electron chi connectivity index (χ2n) is 7.02. The molecule has 31 heavy (non-hydrogen) atoms. The van der Waals surface area contributed by atoms with Crippen LogP contribution >= 0.6 is 0 Å². The number of anilines is 1. The lowest BCUT2D eigenvalue weighted by molar-refractivity contribution is -0.384. The number of imide groups is 1. The highest BCUT2D eigenvalue weighted by molar-refractivity contribution is 6.23. The van der Waals surface area contributed by atoms with Crippen LogP contribution < -0.4 is 5.32 Å². The van der Waals surface area contributed by atoms with Crippen molar-refractivity contribution >= 4 is 29.1 Å². The smallest absolute Gasteiger partial charge is 0.269 e. The van der Waals surface area contributed by atoms with Crippen molar-refractivity contribution < 1.29 is 19.3 Å². The van der Waals surface area contributed by atoms with E-state index in [1.165, 1.54) is 24.3 Å². The standard InChI is InChI=1S/C23H17N3O5/c27-21(24-16-10-12-17(13-11-16)26(30)31)20(14-15-6-2-1-3-7-15)25-22(28)18-8-4-5-9-19(18)23(25)29/h1-13,20H,14H2,(H,24,27). The molecule has 0 aliphatic carbocycles. The van der Waals surface area contributed by atoms with Gasteiger partial charge < -0.3 is 5.32 Å². The molecule has 0 spiro atoms. The topological polar surface area (TPSA) is 110 Å². The van der Waals surface area contributed by atoms with Gasteiger partial charge in [-0.1, -0.05) is 42.5 Å². The minimum atomic E-state index is -1.09. The Hall–Kier alpha value is -4.33. The zero-order chi connectivity index (χ0) is 22.0. The Labute approximate surface area is 177 Å². The molecule has 3 aromatic rings. The van der Waals surface area contributed by atoms with Gasteiger partial charge in [0.05, 0.1) is 16.1 Å². The first-order valence-electron chi connectivity index (χ1n) is 9.52. The van der Waals surface area contributed by atoms with E-state index in [1.807, 2.05) is 30.3 Å². The van der Waals surface area contributed by atoms with E-state index < -0.39 is 28.7 Å². The van der Waals surface area contributed by atoms with Crippen molar-refractivity contribution in [3.63, 3.8) is 0 Å². The highest BCUT2D eigenvalue weighted by Crippen LogP contribution is 2.27. The molecule has 0 saturated heterocycles. The van der Waals surface area contributed by atoms with Crippen molar-refractivity contribution in [2.45, 2.75) is 12.5 Å². The number of rotatable bonds is 6. The SMILES string of the molecule is O=C(Nc1ccc([N+](=O)[O-])cc1)C(Cc1ccccc1)N1C(=O)c2ccccc2C1=O. The summed E-state index contributed by atoms with van der Waals surface area (Å²) >= 11 is 0. The largest absolute Gasteiger partial charge is 0.324 e. The first kappa shape index (κ1) is 20.0. The van der Waals surface area contributed by atoms with Crippen LogP contribution in [0.3, 0.4) is 0 Å². The van der Waals surface area contributed by atoms with Crippen LogP contribution in [-0.4, -0.2) is 33.6 Å². The molecule has 1 unspecified atom stereocenters. The maximum atomic E-state index is 13.2. The van der Waals surface area contributed by atoms with Gasteiger partial charge in [-0.05, 0) is 29.8 Å². The van der Waals surface area contributed by atoms with E-state index >= 15 is 0 Å². The number of benzene rings is 3. The number of fused-ring (bicyclic) bond motifs is 1. The summed E-state index contributed by atoms with van der Waals surface area (Å²) in [6, 6.07) is 19.8. The maximum absolute atomic E-state index is 13.2. The third kappa shape index (κ3) is 3.91. The Kier molecular flexibility index (Phi) is 5.28. The van der Waals surface area contributed by atoms with Gasteiger partial charge in [-0.25, -0.2) is 0 Å². The van der Waals surface area contributed by atoms with Gasteiger partial charge in [0.15, 0.2) is 0 Å². The number of amides is 3. The van der Waals surface area contributed by atoms with E-state index in [-0.39, 0.29) is 23.2 Å². The van der Waals surface area contributed by atoms with Gasteiger partial charge in [-0.3, -0.25) is 29.4 Å². The number of nitro benzene ring substituents is 1. The monoisotopic (exact) mass is 415 g/mol. The van der Waals surface area contributed by atoms with Crippen LogP contribution in [0.25, 0.3) is 0 Å². The van der Waals surface area contributed by atoms with Gasteiger partial charge in [0.1, 0.15) is 6.04 Å². The van der Waals surface area contributed by atoms with E-state index in [9.17, 15) is 24.5 Å². The molecule has 3 amide bonds. The summed E-state index contributed by atoms with van der Waals surface area (Å²) in [5.74, 6) is -1.62. The van der Waals surface area contributed by atoms with E-state index in [4.69, 9.17) is 0 Å². The summed E-state index contributed by atoms with van der Waals surface area (Å²) in [5, 5.41) is 13.5. The molecule has 1 atom stereocenters. The maximum Gasteiger partial charge on any atom is 0.269 e. The van der Waals surface area contributed by atoms with Crippen molar-refractivity contribution in [2.24, 2.45) is 0 Å². The molecular formula is C23H17N3O5. The van der Waals surface area contributed by atoms with Crippen LogP contribution in [0.15, 0.2) is 78.9 Å². The summed E-state index contributed by atoms with van der Waals surface area (Å²) in [4.78, 5) is 50.4. The van der Waals surface area contributed by atoms with Gasteiger partial charge in [0.2, 0.25) is 5.91 Å².